The first-order chi connectivity index (χ1) is 8.19. The van der Waals surface area contributed by atoms with Crippen molar-refractivity contribution in [2.75, 3.05) is 32.7 Å². The Labute approximate surface area is 100 Å². The Hall–Kier alpha value is -1.40. The molecule has 0 radical (unpaired) electrons. The Bertz CT molecular complexity index is 403. The van der Waals surface area contributed by atoms with Gasteiger partial charge in [-0.1, -0.05) is 6.92 Å². The van der Waals surface area contributed by atoms with E-state index in [2.05, 4.69) is 9.97 Å². The van der Waals surface area contributed by atoms with Crippen LogP contribution in [0.4, 0.5) is 5.82 Å². The van der Waals surface area contributed by atoms with Crippen LogP contribution in [0.2, 0.25) is 0 Å². The summed E-state index contributed by atoms with van der Waals surface area (Å²) >= 11 is 0. The second-order valence-electron chi connectivity index (χ2n) is 3.59. The van der Waals surface area contributed by atoms with Gasteiger partial charge in [-0.25, -0.2) is 4.98 Å². The van der Waals surface area contributed by atoms with E-state index < -0.39 is 0 Å². The average Bonchev–Trinajstić information content (AvgIpc) is 2.28. The Morgan fingerprint density at radius 2 is 2.12 bits per heavy atom. The van der Waals surface area contributed by atoms with Crippen molar-refractivity contribution in [2.45, 2.75) is 19.8 Å². The van der Waals surface area contributed by atoms with E-state index in [4.69, 9.17) is 15.2 Å². The first-order valence-corrected chi connectivity index (χ1v) is 5.63. The van der Waals surface area contributed by atoms with Gasteiger partial charge in [0.05, 0.1) is 25.4 Å². The smallest absolute Gasteiger partial charge is 0.256 e. The minimum absolute atomic E-state index is 0.160. The van der Waals surface area contributed by atoms with Gasteiger partial charge in [0.2, 0.25) is 0 Å². The Kier molecular flexibility index (Phi) is 5.65. The predicted molar refractivity (Wildman–Crippen MR) is 65.0 cm³/mol. The Balaban J connectivity index is 2.52. The quantitative estimate of drug-likeness (QED) is 0.662. The fourth-order valence-corrected chi connectivity index (χ4v) is 1.44. The first-order valence-electron chi connectivity index (χ1n) is 5.63. The largest absolute Gasteiger partial charge is 0.383 e. The molecule has 0 atom stereocenters. The molecular formula is C11H19N3O3. The van der Waals surface area contributed by atoms with Gasteiger partial charge >= 0.3 is 0 Å². The lowest BCUT2D eigenvalue weighted by Gasteiger charge is -2.06. The number of methoxy groups -OCH3 is 1. The fourth-order valence-electron chi connectivity index (χ4n) is 1.44. The van der Waals surface area contributed by atoms with E-state index in [0.29, 0.717) is 49.9 Å². The zero-order valence-electron chi connectivity index (χ0n) is 10.3. The molecule has 0 aliphatic heterocycles. The van der Waals surface area contributed by atoms with Crippen LogP contribution < -0.4 is 11.3 Å². The number of nitrogens with zero attached hydrogens (tertiary/aromatic N) is 1. The molecule has 0 saturated carbocycles. The van der Waals surface area contributed by atoms with Crippen LogP contribution in [0.25, 0.3) is 0 Å². The lowest BCUT2D eigenvalue weighted by molar-refractivity contribution is 0.0716. The van der Waals surface area contributed by atoms with Gasteiger partial charge in [0.25, 0.3) is 5.56 Å². The van der Waals surface area contributed by atoms with Crippen molar-refractivity contribution in [1.29, 1.82) is 0 Å². The molecule has 3 N–H and O–H groups in total. The second-order valence-corrected chi connectivity index (χ2v) is 3.59. The summed E-state index contributed by atoms with van der Waals surface area (Å²) in [5, 5.41) is 0. The van der Waals surface area contributed by atoms with E-state index in [1.165, 1.54) is 0 Å². The maximum atomic E-state index is 11.6. The van der Waals surface area contributed by atoms with E-state index in [0.717, 1.165) is 0 Å². The SMILES string of the molecule is CCc1c(N)nc(CCOCCOC)[nH]c1=O. The molecule has 0 bridgehead atoms. The summed E-state index contributed by atoms with van der Waals surface area (Å²) in [6, 6.07) is 0. The molecule has 0 fully saturated rings. The molecule has 0 unspecified atom stereocenters. The molecule has 1 heterocycles. The number of H-pyrrole nitrogens is 1. The number of nitrogens with two attached hydrogens (primary N) is 1. The molecule has 96 valence electrons. The van der Waals surface area contributed by atoms with Crippen LogP contribution in [0.1, 0.15) is 18.3 Å². The van der Waals surface area contributed by atoms with Gasteiger partial charge in [-0.2, -0.15) is 0 Å². The molecule has 1 rings (SSSR count). The fraction of sp³-hybridized carbons (Fsp3) is 0.636. The van der Waals surface area contributed by atoms with Gasteiger partial charge in [0, 0.05) is 13.5 Å². The van der Waals surface area contributed by atoms with Crippen molar-refractivity contribution < 1.29 is 9.47 Å². The summed E-state index contributed by atoms with van der Waals surface area (Å²) in [4.78, 5) is 18.4. The zero-order chi connectivity index (χ0) is 12.7. The van der Waals surface area contributed by atoms with Gasteiger partial charge in [-0.15, -0.1) is 0 Å². The molecule has 6 heteroatoms. The van der Waals surface area contributed by atoms with Crippen LogP contribution >= 0.6 is 0 Å². The third kappa shape index (κ3) is 4.16. The van der Waals surface area contributed by atoms with Crippen LogP contribution in [0, 0.1) is 0 Å². The van der Waals surface area contributed by atoms with Crippen LogP contribution in [-0.4, -0.2) is 36.9 Å². The van der Waals surface area contributed by atoms with Crippen molar-refractivity contribution in [1.82, 2.24) is 9.97 Å². The highest BCUT2D eigenvalue weighted by Crippen LogP contribution is 2.03. The minimum Gasteiger partial charge on any atom is -0.383 e. The summed E-state index contributed by atoms with van der Waals surface area (Å²) in [6.07, 6.45) is 1.12. The number of anilines is 1. The number of hydrogen-bond acceptors (Lipinski definition) is 5. The number of aromatic nitrogens is 2. The normalized spacial score (nSPS) is 10.7. The third-order valence-corrected chi connectivity index (χ3v) is 2.37. The highest BCUT2D eigenvalue weighted by atomic mass is 16.5. The van der Waals surface area contributed by atoms with Gasteiger partial charge in [0.1, 0.15) is 11.6 Å². The molecule has 1 aromatic rings. The summed E-state index contributed by atoms with van der Waals surface area (Å²) in [7, 11) is 1.62. The van der Waals surface area contributed by atoms with Crippen LogP contribution in [-0.2, 0) is 22.3 Å². The molecule has 6 nitrogen and oxygen atoms in total. The van der Waals surface area contributed by atoms with Crippen molar-refractivity contribution in [3.63, 3.8) is 0 Å². The number of hydrogen-bond donors (Lipinski definition) is 2. The summed E-state index contributed by atoms with van der Waals surface area (Å²) in [5.41, 5.74) is 6.07. The third-order valence-electron chi connectivity index (χ3n) is 2.37. The molecule has 0 spiro atoms. The number of aromatic amines is 1. The highest BCUT2D eigenvalue weighted by molar-refractivity contribution is 5.37. The lowest BCUT2D eigenvalue weighted by Crippen LogP contribution is -2.20. The van der Waals surface area contributed by atoms with Crippen LogP contribution in [0.3, 0.4) is 0 Å². The second kappa shape index (κ2) is 7.03. The first kappa shape index (κ1) is 13.7. The van der Waals surface area contributed by atoms with Crippen molar-refractivity contribution in [3.8, 4) is 0 Å². The van der Waals surface area contributed by atoms with Gasteiger partial charge in [-0.3, -0.25) is 4.79 Å². The van der Waals surface area contributed by atoms with E-state index in [-0.39, 0.29) is 5.56 Å². The van der Waals surface area contributed by atoms with Gasteiger partial charge in [-0.05, 0) is 6.42 Å². The number of nitrogens with one attached hydrogen (secondary N) is 1. The molecule has 1 aromatic heterocycles. The summed E-state index contributed by atoms with van der Waals surface area (Å²) in [5.74, 6) is 0.866. The molecule has 0 aliphatic rings. The van der Waals surface area contributed by atoms with Gasteiger partial charge in [0.15, 0.2) is 0 Å². The topological polar surface area (TPSA) is 90.2 Å². The van der Waals surface area contributed by atoms with Crippen LogP contribution in [0.15, 0.2) is 4.79 Å². The average molecular weight is 241 g/mol. The molecule has 0 aromatic carbocycles. The van der Waals surface area contributed by atoms with E-state index in [1.807, 2.05) is 6.92 Å². The van der Waals surface area contributed by atoms with Crippen molar-refractivity contribution in [2.24, 2.45) is 0 Å². The summed E-state index contributed by atoms with van der Waals surface area (Å²) < 4.78 is 10.1. The number of ether oxygens (including phenoxy) is 2. The minimum atomic E-state index is -0.160. The Morgan fingerprint density at radius 3 is 2.71 bits per heavy atom. The maximum absolute atomic E-state index is 11.6. The monoisotopic (exact) mass is 241 g/mol. The zero-order valence-corrected chi connectivity index (χ0v) is 10.3. The van der Waals surface area contributed by atoms with E-state index in [1.54, 1.807) is 7.11 Å². The van der Waals surface area contributed by atoms with E-state index in [9.17, 15) is 4.79 Å². The van der Waals surface area contributed by atoms with Crippen molar-refractivity contribution in [3.05, 3.63) is 21.7 Å². The molecule has 17 heavy (non-hydrogen) atoms. The standard InChI is InChI=1S/C11H19N3O3/c1-3-8-10(12)13-9(14-11(8)15)4-5-17-7-6-16-2/h3-7H2,1-2H3,(H3,12,13,14,15). The maximum Gasteiger partial charge on any atom is 0.256 e. The molecule has 0 aliphatic carbocycles. The van der Waals surface area contributed by atoms with Crippen LogP contribution in [0.5, 0.6) is 0 Å². The van der Waals surface area contributed by atoms with E-state index >= 15 is 0 Å². The predicted octanol–water partition coefficient (Wildman–Crippen LogP) is 0.120. The number of nitrogen functional groups attached to an aromatic ring is 1. The Morgan fingerprint density at radius 1 is 1.35 bits per heavy atom. The number of rotatable bonds is 7. The summed E-state index contributed by atoms with van der Waals surface area (Å²) in [6.45, 7) is 3.44. The van der Waals surface area contributed by atoms with Gasteiger partial charge < -0.3 is 20.2 Å². The lowest BCUT2D eigenvalue weighted by atomic mass is 10.2. The molecular weight excluding hydrogens is 222 g/mol. The molecule has 0 amide bonds. The highest BCUT2D eigenvalue weighted by Gasteiger charge is 2.06. The van der Waals surface area contributed by atoms with Crippen molar-refractivity contribution >= 4 is 5.82 Å². The molecule has 0 saturated heterocycles.